The van der Waals surface area contributed by atoms with Crippen LogP contribution in [0.1, 0.15) is 38.1 Å². The molecule has 2 N–H and O–H groups in total. The van der Waals surface area contributed by atoms with Crippen molar-refractivity contribution >= 4 is 23.4 Å². The Balaban J connectivity index is 1.47. The van der Waals surface area contributed by atoms with Crippen molar-refractivity contribution in [1.82, 2.24) is 34.7 Å². The van der Waals surface area contributed by atoms with Gasteiger partial charge in [0, 0.05) is 25.9 Å². The summed E-state index contributed by atoms with van der Waals surface area (Å²) in [6.45, 7) is 5.52. The van der Waals surface area contributed by atoms with Crippen LogP contribution in [0.15, 0.2) is 73.1 Å². The van der Waals surface area contributed by atoms with E-state index in [1.165, 1.54) is 10.5 Å². The number of aryl methyl sites for hydroxylation is 1. The van der Waals surface area contributed by atoms with Crippen LogP contribution < -0.4 is 10.6 Å². The van der Waals surface area contributed by atoms with Crippen molar-refractivity contribution in [3.63, 3.8) is 0 Å². The topological polar surface area (TPSA) is 111 Å². The third-order valence-electron chi connectivity index (χ3n) is 6.02. The van der Waals surface area contributed by atoms with Crippen LogP contribution in [0.3, 0.4) is 0 Å². The van der Waals surface area contributed by atoms with Gasteiger partial charge in [-0.25, -0.2) is 9.78 Å². The molecule has 0 bridgehead atoms. The number of carbonyl (C=O) groups is 1. The second-order valence-corrected chi connectivity index (χ2v) is 10.1. The summed E-state index contributed by atoms with van der Waals surface area (Å²) in [5, 5.41) is 18.8. The molecule has 0 spiro atoms. The average molecular weight is 529 g/mol. The third kappa shape index (κ3) is 5.87. The van der Waals surface area contributed by atoms with Crippen LogP contribution in [-0.2, 0) is 11.8 Å². The number of pyridine rings is 2. The Kier molecular flexibility index (Phi) is 6.97. The third-order valence-corrected chi connectivity index (χ3v) is 6.02. The molecule has 0 aliphatic heterocycles. The Hall–Kier alpha value is -4.80. The molecular weight excluding hydrogens is 499 g/mol. The number of anilines is 2. The fourth-order valence-corrected chi connectivity index (χ4v) is 4.24. The number of fused-ring (bicyclic) bond motifs is 1. The second-order valence-electron chi connectivity index (χ2n) is 10.1. The minimum Gasteiger partial charge on any atom is -0.444 e. The molecule has 0 radical (unpaired) electrons. The quantitative estimate of drug-likeness (QED) is 0.284. The first-order valence-corrected chi connectivity index (χ1v) is 12.5. The molecule has 1 atom stereocenters. The lowest BCUT2D eigenvalue weighted by Gasteiger charge is -2.22. The van der Waals surface area contributed by atoms with Gasteiger partial charge in [-0.05, 0) is 61.7 Å². The molecule has 4 heterocycles. The number of nitrogens with one attached hydrogen (secondary N) is 2. The monoisotopic (exact) mass is 528 g/mol. The van der Waals surface area contributed by atoms with E-state index < -0.39 is 23.6 Å². The summed E-state index contributed by atoms with van der Waals surface area (Å²) in [4.78, 5) is 16.7. The fourth-order valence-electron chi connectivity index (χ4n) is 4.24. The Bertz CT molecular complexity index is 1610. The van der Waals surface area contributed by atoms with Crippen molar-refractivity contribution in [3.05, 3.63) is 90.4 Å². The average Bonchev–Trinajstić information content (AvgIpc) is 3.50. The molecule has 1 aromatic carbocycles. The zero-order chi connectivity index (χ0) is 27.6. The molecule has 200 valence electrons. The molecule has 1 unspecified atom stereocenters. The van der Waals surface area contributed by atoms with Gasteiger partial charge in [-0.1, -0.05) is 30.3 Å². The van der Waals surface area contributed by atoms with Gasteiger partial charge in [0.25, 0.3) is 0 Å². The van der Waals surface area contributed by atoms with Gasteiger partial charge in [-0.2, -0.15) is 9.49 Å². The van der Waals surface area contributed by atoms with Crippen molar-refractivity contribution in [2.45, 2.75) is 32.3 Å². The molecular formula is C28H29FN8O2. The summed E-state index contributed by atoms with van der Waals surface area (Å²) in [6, 6.07) is 18.1. The molecule has 0 saturated heterocycles. The number of nitrogens with zero attached hydrogens (tertiary/aromatic N) is 6. The Morgan fingerprint density at radius 1 is 1.03 bits per heavy atom. The summed E-state index contributed by atoms with van der Waals surface area (Å²) in [5.41, 5.74) is 1.93. The highest BCUT2D eigenvalue weighted by atomic mass is 19.1. The first-order chi connectivity index (χ1) is 18.7. The lowest BCUT2D eigenvalue weighted by Crippen LogP contribution is -2.35. The summed E-state index contributed by atoms with van der Waals surface area (Å²) in [6.07, 6.45) is 2.77. The van der Waals surface area contributed by atoms with E-state index in [1.807, 2.05) is 49.5 Å². The van der Waals surface area contributed by atoms with Crippen molar-refractivity contribution in [1.29, 1.82) is 0 Å². The maximum atomic E-state index is 15.7. The number of aromatic nitrogens is 6. The van der Waals surface area contributed by atoms with Crippen LogP contribution in [0.2, 0.25) is 0 Å². The Morgan fingerprint density at radius 2 is 1.82 bits per heavy atom. The number of carbonyl (C=O) groups excluding carboxylic acids is 1. The number of rotatable bonds is 7. The smallest absolute Gasteiger partial charge is 0.407 e. The normalized spacial score (nSPS) is 12.3. The predicted octanol–water partition coefficient (Wildman–Crippen LogP) is 5.06. The van der Waals surface area contributed by atoms with E-state index in [9.17, 15) is 4.79 Å². The Labute approximate surface area is 224 Å². The van der Waals surface area contributed by atoms with Gasteiger partial charge in [0.15, 0.2) is 5.65 Å². The summed E-state index contributed by atoms with van der Waals surface area (Å²) in [5.74, 6) is 0.735. The molecule has 5 aromatic rings. The summed E-state index contributed by atoms with van der Waals surface area (Å²) >= 11 is 0. The van der Waals surface area contributed by atoms with E-state index in [-0.39, 0.29) is 6.54 Å². The highest BCUT2D eigenvalue weighted by Gasteiger charge is 2.25. The van der Waals surface area contributed by atoms with Gasteiger partial charge in [-0.15, -0.1) is 10.2 Å². The van der Waals surface area contributed by atoms with Crippen LogP contribution in [0.4, 0.5) is 20.8 Å². The van der Waals surface area contributed by atoms with Gasteiger partial charge in [-0.3, -0.25) is 9.08 Å². The highest BCUT2D eigenvalue weighted by molar-refractivity contribution is 5.71. The van der Waals surface area contributed by atoms with Crippen molar-refractivity contribution in [2.75, 3.05) is 11.9 Å². The minimum absolute atomic E-state index is 0.147. The zero-order valence-corrected chi connectivity index (χ0v) is 22.1. The minimum atomic E-state index is -0.642. The predicted molar refractivity (Wildman–Crippen MR) is 145 cm³/mol. The summed E-state index contributed by atoms with van der Waals surface area (Å²) in [7, 11) is 1.82. The number of hydrogen-bond donors (Lipinski definition) is 2. The lowest BCUT2D eigenvalue weighted by atomic mass is 9.98. The van der Waals surface area contributed by atoms with E-state index in [4.69, 9.17) is 4.74 Å². The van der Waals surface area contributed by atoms with Gasteiger partial charge in [0.2, 0.25) is 5.95 Å². The van der Waals surface area contributed by atoms with E-state index >= 15 is 4.39 Å². The van der Waals surface area contributed by atoms with Crippen molar-refractivity contribution in [3.8, 4) is 11.1 Å². The van der Waals surface area contributed by atoms with Gasteiger partial charge < -0.3 is 15.4 Å². The Morgan fingerprint density at radius 3 is 2.54 bits per heavy atom. The van der Waals surface area contributed by atoms with Crippen molar-refractivity contribution in [2.24, 2.45) is 7.05 Å². The SMILES string of the molecule is Cn1nccc1Nc1cc(-c2cc(F)n3c(C(CNC(=O)OC(C)(C)C)c4ccccc4)nnc3c2)ccn1. The molecule has 0 aliphatic carbocycles. The van der Waals surface area contributed by atoms with E-state index in [0.717, 1.165) is 16.9 Å². The number of hydrogen-bond acceptors (Lipinski definition) is 7. The second kappa shape index (κ2) is 10.5. The van der Waals surface area contributed by atoms with Gasteiger partial charge in [0.05, 0.1) is 12.1 Å². The van der Waals surface area contributed by atoms with Crippen molar-refractivity contribution < 1.29 is 13.9 Å². The molecule has 4 aromatic heterocycles. The first kappa shape index (κ1) is 25.8. The standard InChI is InChI=1S/C28H29FN8O2/c1-28(2,3)39-27(38)31-17-21(18-8-6-5-7-9-18)26-35-34-25-16-20(14-22(29)37(25)26)19-10-12-30-23(15-19)33-24-11-13-32-36(24)4/h5-16,21H,17H2,1-4H3,(H,30,33)(H,31,38). The number of alkyl carbamates (subject to hydrolysis) is 1. The van der Waals surface area contributed by atoms with E-state index in [0.29, 0.717) is 22.9 Å². The zero-order valence-electron chi connectivity index (χ0n) is 22.1. The first-order valence-electron chi connectivity index (χ1n) is 12.5. The largest absolute Gasteiger partial charge is 0.444 e. The van der Waals surface area contributed by atoms with Crippen LogP contribution >= 0.6 is 0 Å². The maximum Gasteiger partial charge on any atom is 0.407 e. The van der Waals surface area contributed by atoms with Gasteiger partial charge >= 0.3 is 6.09 Å². The summed E-state index contributed by atoms with van der Waals surface area (Å²) < 4.78 is 24.2. The fraction of sp³-hybridized carbons (Fsp3) is 0.250. The van der Waals surface area contributed by atoms with Crippen LogP contribution in [0.5, 0.6) is 0 Å². The number of ether oxygens (including phenoxy) is 1. The molecule has 39 heavy (non-hydrogen) atoms. The number of benzene rings is 1. The number of amides is 1. The van der Waals surface area contributed by atoms with Crippen LogP contribution in [0, 0.1) is 5.95 Å². The lowest BCUT2D eigenvalue weighted by molar-refractivity contribution is 0.0526. The van der Waals surface area contributed by atoms with Crippen LogP contribution in [0.25, 0.3) is 16.8 Å². The molecule has 5 rings (SSSR count). The highest BCUT2D eigenvalue weighted by Crippen LogP contribution is 2.29. The molecule has 1 amide bonds. The van der Waals surface area contributed by atoms with E-state index in [1.54, 1.807) is 50.0 Å². The molecule has 0 fully saturated rings. The van der Waals surface area contributed by atoms with Gasteiger partial charge in [0.1, 0.15) is 23.1 Å². The van der Waals surface area contributed by atoms with Crippen LogP contribution in [-0.4, -0.2) is 47.6 Å². The maximum absolute atomic E-state index is 15.7. The molecule has 11 heteroatoms. The molecule has 0 saturated carbocycles. The van der Waals surface area contributed by atoms with E-state index in [2.05, 4.69) is 30.9 Å². The molecule has 10 nitrogen and oxygen atoms in total. The number of halogens is 1. The molecule has 0 aliphatic rings.